The van der Waals surface area contributed by atoms with E-state index in [-0.39, 0.29) is 6.04 Å². The average molecular weight is 252 g/mol. The number of benzene rings is 1. The van der Waals surface area contributed by atoms with Crippen molar-refractivity contribution in [2.24, 2.45) is 0 Å². The topological polar surface area (TPSA) is 37.4 Å². The van der Waals surface area contributed by atoms with E-state index in [9.17, 15) is 8.42 Å². The van der Waals surface area contributed by atoms with Crippen LogP contribution in [0.1, 0.15) is 32.1 Å². The van der Waals surface area contributed by atoms with Gasteiger partial charge in [-0.15, -0.1) is 0 Å². The van der Waals surface area contributed by atoms with Crippen molar-refractivity contribution in [2.45, 2.75) is 43.0 Å². The smallest absolute Gasteiger partial charge is 0.207 e. The Morgan fingerprint density at radius 3 is 2.24 bits per heavy atom. The number of nitrogens with zero attached hydrogens (tertiary/aromatic N) is 1. The lowest BCUT2D eigenvalue weighted by Crippen LogP contribution is -2.36. The molecule has 2 rings (SSSR count). The second-order valence-corrected chi connectivity index (χ2v) is 6.39. The summed E-state index contributed by atoms with van der Waals surface area (Å²) in [6, 6.07) is 8.59. The Labute approximate surface area is 104 Å². The Hall–Kier alpha value is -0.870. The summed E-state index contributed by atoms with van der Waals surface area (Å²) in [5.41, 5.74) is 0. The first kappa shape index (κ1) is 12.6. The number of sulfonamides is 1. The average Bonchev–Trinajstić information content (AvgIpc) is 2.40. The Morgan fingerprint density at radius 2 is 1.65 bits per heavy atom. The maximum Gasteiger partial charge on any atom is 0.243 e. The highest BCUT2D eigenvalue weighted by Gasteiger charge is 2.28. The molecule has 1 fully saturated rings. The predicted octanol–water partition coefficient (Wildman–Crippen LogP) is 2.80. The van der Waals surface area contributed by atoms with Gasteiger partial charge in [0.05, 0.1) is 4.90 Å². The van der Waals surface area contributed by atoms with Gasteiger partial charge in [0.15, 0.2) is 0 Å². The van der Waals surface area contributed by atoms with Crippen LogP contribution in [0.3, 0.4) is 0 Å². The van der Waals surface area contributed by atoms with E-state index >= 15 is 0 Å². The molecular formula is C13H18NO2S. The van der Waals surface area contributed by atoms with E-state index in [2.05, 4.69) is 7.05 Å². The summed E-state index contributed by atoms with van der Waals surface area (Å²) in [6.07, 6.45) is 5.25. The van der Waals surface area contributed by atoms with Gasteiger partial charge in [-0.3, -0.25) is 0 Å². The van der Waals surface area contributed by atoms with E-state index in [1.54, 1.807) is 24.3 Å². The summed E-state index contributed by atoms with van der Waals surface area (Å²) < 4.78 is 25.9. The molecule has 0 amide bonds. The van der Waals surface area contributed by atoms with Crippen molar-refractivity contribution in [3.8, 4) is 0 Å². The molecule has 0 aliphatic heterocycles. The first-order valence-electron chi connectivity index (χ1n) is 6.02. The van der Waals surface area contributed by atoms with Crippen molar-refractivity contribution in [2.75, 3.05) is 0 Å². The van der Waals surface area contributed by atoms with E-state index < -0.39 is 10.0 Å². The van der Waals surface area contributed by atoms with Crippen LogP contribution in [0.2, 0.25) is 0 Å². The fourth-order valence-electron chi connectivity index (χ4n) is 2.29. The van der Waals surface area contributed by atoms with E-state index in [0.717, 1.165) is 25.7 Å². The molecule has 93 valence electrons. The molecule has 1 radical (unpaired) electrons. The number of hydrogen-bond acceptors (Lipinski definition) is 2. The van der Waals surface area contributed by atoms with Gasteiger partial charge in [0.25, 0.3) is 0 Å². The van der Waals surface area contributed by atoms with Gasteiger partial charge in [-0.05, 0) is 25.0 Å². The van der Waals surface area contributed by atoms with Gasteiger partial charge >= 0.3 is 0 Å². The molecule has 4 heteroatoms. The quantitative estimate of drug-likeness (QED) is 0.829. The van der Waals surface area contributed by atoms with Gasteiger partial charge in [-0.2, -0.15) is 4.31 Å². The highest BCUT2D eigenvalue weighted by atomic mass is 32.2. The normalized spacial score (nSPS) is 18.5. The highest BCUT2D eigenvalue weighted by molar-refractivity contribution is 7.89. The van der Waals surface area contributed by atoms with Gasteiger partial charge in [-0.1, -0.05) is 37.5 Å². The summed E-state index contributed by atoms with van der Waals surface area (Å²) in [4.78, 5) is 0.334. The maximum atomic E-state index is 12.3. The first-order valence-corrected chi connectivity index (χ1v) is 7.46. The summed E-state index contributed by atoms with van der Waals surface area (Å²) in [7, 11) is 0.339. The molecule has 0 unspecified atom stereocenters. The summed E-state index contributed by atoms with van der Waals surface area (Å²) in [6.45, 7) is 0. The van der Waals surface area contributed by atoms with Crippen molar-refractivity contribution >= 4 is 10.0 Å². The van der Waals surface area contributed by atoms with Gasteiger partial charge in [0.1, 0.15) is 0 Å². The van der Waals surface area contributed by atoms with Gasteiger partial charge < -0.3 is 0 Å². The van der Waals surface area contributed by atoms with Crippen LogP contribution < -0.4 is 0 Å². The summed E-state index contributed by atoms with van der Waals surface area (Å²) >= 11 is 0. The molecule has 3 nitrogen and oxygen atoms in total. The molecular weight excluding hydrogens is 234 g/mol. The Bertz CT molecular complexity index is 450. The molecule has 1 aromatic carbocycles. The molecule has 17 heavy (non-hydrogen) atoms. The molecule has 0 N–H and O–H groups in total. The van der Waals surface area contributed by atoms with Gasteiger partial charge in [0.2, 0.25) is 10.0 Å². The van der Waals surface area contributed by atoms with E-state index in [1.807, 2.05) is 6.07 Å². The largest absolute Gasteiger partial charge is 0.243 e. The van der Waals surface area contributed by atoms with Crippen molar-refractivity contribution in [3.63, 3.8) is 0 Å². The third kappa shape index (κ3) is 2.69. The lowest BCUT2D eigenvalue weighted by molar-refractivity contribution is 0.303. The Balaban J connectivity index is 2.20. The number of rotatable bonds is 3. The zero-order valence-corrected chi connectivity index (χ0v) is 10.7. The van der Waals surface area contributed by atoms with Crippen molar-refractivity contribution in [3.05, 3.63) is 37.4 Å². The second-order valence-electron chi connectivity index (χ2n) is 4.50. The monoisotopic (exact) mass is 252 g/mol. The minimum Gasteiger partial charge on any atom is -0.207 e. The fraction of sp³-hybridized carbons (Fsp3) is 0.462. The van der Waals surface area contributed by atoms with Crippen molar-refractivity contribution in [1.29, 1.82) is 0 Å². The lowest BCUT2D eigenvalue weighted by atomic mass is 9.96. The lowest BCUT2D eigenvalue weighted by Gasteiger charge is -2.30. The SMILES string of the molecule is [CH2]N(C1CCCCC1)S(=O)(=O)c1ccccc1. The second kappa shape index (κ2) is 5.19. The van der Waals surface area contributed by atoms with Crippen LogP contribution in [0.5, 0.6) is 0 Å². The Kier molecular flexibility index (Phi) is 3.84. The third-order valence-corrected chi connectivity index (χ3v) is 5.12. The van der Waals surface area contributed by atoms with E-state index in [0.29, 0.717) is 4.90 Å². The van der Waals surface area contributed by atoms with E-state index in [4.69, 9.17) is 0 Å². The van der Waals surface area contributed by atoms with Crippen LogP contribution in [0, 0.1) is 7.05 Å². The highest BCUT2D eigenvalue weighted by Crippen LogP contribution is 2.26. The minimum atomic E-state index is -3.42. The molecule has 0 aromatic heterocycles. The standard InChI is InChI=1S/C13H18NO2S/c1-14(12-8-4-2-5-9-12)17(15,16)13-10-6-3-7-11-13/h3,6-7,10-12H,1-2,4-5,8-9H2. The number of hydrogen-bond donors (Lipinski definition) is 0. The zero-order valence-electron chi connectivity index (χ0n) is 9.88. The van der Waals surface area contributed by atoms with Crippen molar-refractivity contribution in [1.82, 2.24) is 4.31 Å². The molecule has 0 atom stereocenters. The van der Waals surface area contributed by atoms with Crippen LogP contribution in [-0.4, -0.2) is 18.8 Å². The molecule has 1 aliphatic rings. The fourth-order valence-corrected chi connectivity index (χ4v) is 3.67. The van der Waals surface area contributed by atoms with Crippen molar-refractivity contribution < 1.29 is 8.42 Å². The molecule has 0 spiro atoms. The molecule has 1 aliphatic carbocycles. The van der Waals surface area contributed by atoms with E-state index in [1.165, 1.54) is 10.7 Å². The van der Waals surface area contributed by atoms with Crippen LogP contribution in [0.25, 0.3) is 0 Å². The third-order valence-electron chi connectivity index (χ3n) is 3.33. The van der Waals surface area contributed by atoms with Gasteiger partial charge in [-0.25, -0.2) is 8.42 Å². The van der Waals surface area contributed by atoms with Crippen LogP contribution in [-0.2, 0) is 10.0 Å². The molecule has 0 bridgehead atoms. The van der Waals surface area contributed by atoms with Crippen LogP contribution in [0.15, 0.2) is 35.2 Å². The minimum absolute atomic E-state index is 0.0638. The predicted molar refractivity (Wildman–Crippen MR) is 67.7 cm³/mol. The zero-order chi connectivity index (χ0) is 12.3. The molecule has 1 saturated carbocycles. The summed E-state index contributed by atoms with van der Waals surface area (Å²) in [5.74, 6) is 0. The molecule has 0 heterocycles. The molecule has 0 saturated heterocycles. The maximum absolute atomic E-state index is 12.3. The van der Waals surface area contributed by atoms with Crippen LogP contribution in [0.4, 0.5) is 0 Å². The van der Waals surface area contributed by atoms with Crippen LogP contribution >= 0.6 is 0 Å². The summed E-state index contributed by atoms with van der Waals surface area (Å²) in [5, 5.41) is 0. The Morgan fingerprint density at radius 1 is 1.06 bits per heavy atom. The van der Waals surface area contributed by atoms with Gasteiger partial charge in [0, 0.05) is 13.1 Å². The first-order chi connectivity index (χ1) is 8.12. The molecule has 1 aromatic rings.